The lowest BCUT2D eigenvalue weighted by Gasteiger charge is -2.08. The first-order valence-electron chi connectivity index (χ1n) is 11.5. The average Bonchev–Trinajstić information content (AvgIpc) is 3.22. The Morgan fingerprint density at radius 3 is 2.33 bits per heavy atom. The fraction of sp³-hybridized carbons (Fsp3) is 0.185. The number of hydrogen-bond acceptors (Lipinski definition) is 5. The molecule has 0 radical (unpaired) electrons. The highest BCUT2D eigenvalue weighted by molar-refractivity contribution is 7.99. The maximum Gasteiger partial charge on any atom is 0.270 e. The normalized spacial score (nSPS) is 10.8. The smallest absolute Gasteiger partial charge is 0.270 e. The number of nitrogens with one attached hydrogen (secondary N) is 1. The van der Waals surface area contributed by atoms with Crippen LogP contribution in [0.3, 0.4) is 0 Å². The van der Waals surface area contributed by atoms with Crippen LogP contribution in [0.25, 0.3) is 22.5 Å². The molecule has 0 atom stereocenters. The minimum absolute atomic E-state index is 0.0653. The summed E-state index contributed by atoms with van der Waals surface area (Å²) in [7, 11) is 2.04. The van der Waals surface area contributed by atoms with Gasteiger partial charge in [0.15, 0.2) is 5.16 Å². The average molecular weight is 521 g/mol. The monoisotopic (exact) mass is 520 g/mol. The molecule has 4 aromatic rings. The molecule has 36 heavy (non-hydrogen) atoms. The third-order valence-electron chi connectivity index (χ3n) is 5.64. The van der Waals surface area contributed by atoms with E-state index in [-0.39, 0.29) is 22.2 Å². The number of nitro groups is 1. The van der Waals surface area contributed by atoms with Crippen molar-refractivity contribution in [3.05, 3.63) is 99.6 Å². The van der Waals surface area contributed by atoms with E-state index < -0.39 is 4.92 Å². The van der Waals surface area contributed by atoms with Crippen molar-refractivity contribution < 1.29 is 9.72 Å². The molecule has 0 saturated heterocycles. The second-order valence-corrected chi connectivity index (χ2v) is 9.58. The summed E-state index contributed by atoms with van der Waals surface area (Å²) in [5.74, 6) is 0.508. The summed E-state index contributed by atoms with van der Waals surface area (Å²) in [6.45, 7) is 0.484. The molecule has 0 saturated carbocycles. The molecule has 4 rings (SSSR count). The Hall–Kier alpha value is -3.62. The zero-order chi connectivity index (χ0) is 25.5. The lowest BCUT2D eigenvalue weighted by molar-refractivity contribution is -0.384. The first-order chi connectivity index (χ1) is 17.5. The van der Waals surface area contributed by atoms with E-state index in [1.165, 1.54) is 18.2 Å². The first-order valence-corrected chi connectivity index (χ1v) is 12.8. The van der Waals surface area contributed by atoms with Gasteiger partial charge >= 0.3 is 0 Å². The summed E-state index contributed by atoms with van der Waals surface area (Å²) in [6, 6.07) is 24.3. The number of benzene rings is 3. The van der Waals surface area contributed by atoms with Crippen LogP contribution in [0, 0.1) is 10.1 Å². The van der Waals surface area contributed by atoms with E-state index >= 15 is 0 Å². The van der Waals surface area contributed by atoms with Crippen molar-refractivity contribution in [1.82, 2.24) is 14.9 Å². The Bertz CT molecular complexity index is 1360. The number of thioether (sulfide) groups is 1. The summed E-state index contributed by atoms with van der Waals surface area (Å²) >= 11 is 7.73. The number of nitrogens with zero attached hydrogens (tertiary/aromatic N) is 3. The largest absolute Gasteiger partial charge is 0.352 e. The number of imidazole rings is 1. The van der Waals surface area contributed by atoms with E-state index in [1.54, 1.807) is 11.8 Å². The minimum atomic E-state index is -0.543. The molecular formula is C27H25ClN4O3S. The Labute approximate surface area is 218 Å². The van der Waals surface area contributed by atoms with E-state index in [0.717, 1.165) is 46.3 Å². The van der Waals surface area contributed by atoms with E-state index in [1.807, 2.05) is 43.4 Å². The molecule has 0 aliphatic rings. The van der Waals surface area contributed by atoms with Crippen LogP contribution < -0.4 is 5.32 Å². The van der Waals surface area contributed by atoms with Crippen molar-refractivity contribution in [3.8, 4) is 22.5 Å². The van der Waals surface area contributed by atoms with E-state index in [0.29, 0.717) is 6.54 Å². The molecule has 0 bridgehead atoms. The van der Waals surface area contributed by atoms with Crippen LogP contribution in [0.5, 0.6) is 0 Å². The second-order valence-electron chi connectivity index (χ2n) is 8.12. The number of nitro benzene ring substituents is 1. The van der Waals surface area contributed by atoms with Gasteiger partial charge in [-0.25, -0.2) is 4.98 Å². The summed E-state index contributed by atoms with van der Waals surface area (Å²) in [5, 5.41) is 14.7. The van der Waals surface area contributed by atoms with Gasteiger partial charge < -0.3 is 9.88 Å². The summed E-state index contributed by atoms with van der Waals surface area (Å²) in [6.07, 6.45) is 1.66. The fourth-order valence-corrected chi connectivity index (χ4v) is 5.05. The van der Waals surface area contributed by atoms with Crippen LogP contribution in [0.4, 0.5) is 5.69 Å². The standard InChI is InChI=1S/C27H25ClN4O3S/c1-31-25(20-12-6-3-7-13-20)24(19-10-4-2-5-11-19)30-27(31)36-17-9-8-16-29-26(33)22-15-14-21(32(34)35)18-23(22)28/h2-7,10-15,18H,8-9,16-17H2,1H3,(H,29,33). The minimum Gasteiger partial charge on any atom is -0.352 e. The van der Waals surface area contributed by atoms with E-state index in [9.17, 15) is 14.9 Å². The third kappa shape index (κ3) is 5.95. The molecular weight excluding hydrogens is 496 g/mol. The maximum atomic E-state index is 12.4. The quantitative estimate of drug-likeness (QED) is 0.110. The molecule has 184 valence electrons. The first kappa shape index (κ1) is 25.5. The van der Waals surface area contributed by atoms with Gasteiger partial charge in [0, 0.05) is 42.6 Å². The summed E-state index contributed by atoms with van der Waals surface area (Å²) < 4.78 is 2.14. The number of halogens is 1. The number of hydrogen-bond donors (Lipinski definition) is 1. The van der Waals surface area contributed by atoms with Gasteiger partial charge in [-0.15, -0.1) is 0 Å². The number of amides is 1. The molecule has 7 nitrogen and oxygen atoms in total. The van der Waals surface area contributed by atoms with Gasteiger partial charge in [-0.05, 0) is 18.9 Å². The highest BCUT2D eigenvalue weighted by Gasteiger charge is 2.18. The molecule has 3 aromatic carbocycles. The Balaban J connectivity index is 1.34. The second kappa shape index (κ2) is 11.9. The van der Waals surface area contributed by atoms with Crippen molar-refractivity contribution in [1.29, 1.82) is 0 Å². The zero-order valence-corrected chi connectivity index (χ0v) is 21.3. The molecule has 0 spiro atoms. The molecule has 1 heterocycles. The van der Waals surface area contributed by atoms with E-state index in [2.05, 4.69) is 34.1 Å². The van der Waals surface area contributed by atoms with Crippen LogP contribution in [-0.2, 0) is 7.05 Å². The highest BCUT2D eigenvalue weighted by Crippen LogP contribution is 2.35. The van der Waals surface area contributed by atoms with Crippen molar-refractivity contribution >= 4 is 35.0 Å². The molecule has 1 aromatic heterocycles. The number of rotatable bonds is 10. The number of carbonyl (C=O) groups excluding carboxylic acids is 1. The molecule has 0 unspecified atom stereocenters. The molecule has 0 aliphatic heterocycles. The van der Waals surface area contributed by atoms with Crippen molar-refractivity contribution in [2.45, 2.75) is 18.0 Å². The van der Waals surface area contributed by atoms with E-state index in [4.69, 9.17) is 16.6 Å². The number of non-ortho nitro benzene ring substituents is 1. The fourth-order valence-electron chi connectivity index (χ4n) is 3.82. The lowest BCUT2D eigenvalue weighted by Crippen LogP contribution is -2.24. The van der Waals surface area contributed by atoms with Gasteiger partial charge in [0.1, 0.15) is 0 Å². The van der Waals surface area contributed by atoms with Crippen LogP contribution in [0.2, 0.25) is 5.02 Å². The lowest BCUT2D eigenvalue weighted by atomic mass is 10.1. The molecule has 0 fully saturated rings. The van der Waals surface area contributed by atoms with Gasteiger partial charge in [-0.1, -0.05) is 84.0 Å². The van der Waals surface area contributed by atoms with Gasteiger partial charge in [0.25, 0.3) is 11.6 Å². The summed E-state index contributed by atoms with van der Waals surface area (Å²) in [5.41, 5.74) is 4.31. The van der Waals surface area contributed by atoms with Gasteiger partial charge in [-0.2, -0.15) is 0 Å². The van der Waals surface area contributed by atoms with Gasteiger partial charge in [-0.3, -0.25) is 14.9 Å². The van der Waals surface area contributed by atoms with Gasteiger partial charge in [0.2, 0.25) is 0 Å². The van der Waals surface area contributed by atoms with Gasteiger partial charge in [0.05, 0.1) is 26.9 Å². The molecule has 1 N–H and O–H groups in total. The van der Waals surface area contributed by atoms with Crippen LogP contribution >= 0.6 is 23.4 Å². The van der Waals surface area contributed by atoms with Crippen LogP contribution in [0.1, 0.15) is 23.2 Å². The molecule has 1 amide bonds. The number of carbonyl (C=O) groups is 1. The van der Waals surface area contributed by atoms with Crippen LogP contribution in [0.15, 0.2) is 84.0 Å². The number of aromatic nitrogens is 2. The topological polar surface area (TPSA) is 90.1 Å². The SMILES string of the molecule is Cn1c(SCCCCNC(=O)c2ccc([N+](=O)[O-])cc2Cl)nc(-c2ccccc2)c1-c1ccccc1. The maximum absolute atomic E-state index is 12.4. The third-order valence-corrected chi connectivity index (χ3v) is 7.07. The van der Waals surface area contributed by atoms with Crippen molar-refractivity contribution in [2.24, 2.45) is 7.05 Å². The Kier molecular flexibility index (Phi) is 8.40. The Morgan fingerprint density at radius 2 is 1.69 bits per heavy atom. The van der Waals surface area contributed by atoms with Crippen molar-refractivity contribution in [3.63, 3.8) is 0 Å². The molecule has 9 heteroatoms. The highest BCUT2D eigenvalue weighted by atomic mass is 35.5. The predicted octanol–water partition coefficient (Wildman–Crippen LogP) is 6.62. The predicted molar refractivity (Wildman–Crippen MR) is 144 cm³/mol. The van der Waals surface area contributed by atoms with Crippen LogP contribution in [-0.4, -0.2) is 32.7 Å². The number of unbranched alkanes of at least 4 members (excludes halogenated alkanes) is 1. The van der Waals surface area contributed by atoms with Crippen molar-refractivity contribution in [2.75, 3.05) is 12.3 Å². The molecule has 0 aliphatic carbocycles. The Morgan fingerprint density at radius 1 is 1.03 bits per heavy atom. The zero-order valence-electron chi connectivity index (χ0n) is 19.7. The summed E-state index contributed by atoms with van der Waals surface area (Å²) in [4.78, 5) is 27.6.